The summed E-state index contributed by atoms with van der Waals surface area (Å²) in [6, 6.07) is 7.55. The van der Waals surface area contributed by atoms with Crippen LogP contribution < -0.4 is 0 Å². The van der Waals surface area contributed by atoms with Crippen molar-refractivity contribution in [1.82, 2.24) is 0 Å². The van der Waals surface area contributed by atoms with Crippen molar-refractivity contribution >= 4 is 17.7 Å². The lowest BCUT2D eigenvalue weighted by atomic mass is 9.87. The molecule has 0 radical (unpaired) electrons. The summed E-state index contributed by atoms with van der Waals surface area (Å²) in [4.78, 5) is 21.0. The number of allylic oxidation sites excluding steroid dienone is 2. The average molecular weight is 240 g/mol. The van der Waals surface area contributed by atoms with E-state index in [1.54, 1.807) is 7.05 Å². The minimum Gasteiger partial charge on any atom is -0.289 e. The van der Waals surface area contributed by atoms with Crippen LogP contribution in [0.25, 0.3) is 0 Å². The lowest BCUT2D eigenvalue weighted by Gasteiger charge is -2.19. The molecule has 0 amide bonds. The van der Waals surface area contributed by atoms with Crippen molar-refractivity contribution in [3.63, 3.8) is 0 Å². The molecule has 92 valence electrons. The maximum absolute atomic E-state index is 12.3. The molecule has 0 saturated heterocycles. The number of nitrogens with zero attached hydrogens (tertiary/aromatic N) is 2. The van der Waals surface area contributed by atoms with Crippen LogP contribution in [0.3, 0.4) is 0 Å². The molecule has 1 aliphatic rings. The van der Waals surface area contributed by atoms with E-state index in [1.165, 1.54) is 0 Å². The fourth-order valence-electron chi connectivity index (χ4n) is 2.07. The number of hydrogen-bond acceptors (Lipinski definition) is 3. The third-order valence-corrected chi connectivity index (χ3v) is 2.97. The zero-order valence-corrected chi connectivity index (χ0v) is 10.9. The van der Waals surface area contributed by atoms with Gasteiger partial charge in [0.05, 0.1) is 11.4 Å². The highest BCUT2D eigenvalue weighted by molar-refractivity contribution is 6.28. The molecular formula is C15H16N2O. The molecule has 0 aromatic heterocycles. The summed E-state index contributed by atoms with van der Waals surface area (Å²) < 4.78 is 0. The lowest BCUT2D eigenvalue weighted by Crippen LogP contribution is -2.20. The summed E-state index contributed by atoms with van der Waals surface area (Å²) in [5.41, 5.74) is 3.75. The van der Waals surface area contributed by atoms with E-state index in [2.05, 4.69) is 9.98 Å². The van der Waals surface area contributed by atoms with Crippen LogP contribution >= 0.6 is 0 Å². The van der Waals surface area contributed by atoms with Crippen molar-refractivity contribution in [3.8, 4) is 0 Å². The largest absolute Gasteiger partial charge is 0.289 e. The Kier molecular flexibility index (Phi) is 3.51. The van der Waals surface area contributed by atoms with Crippen LogP contribution in [-0.4, -0.2) is 24.8 Å². The first kappa shape index (κ1) is 12.4. The van der Waals surface area contributed by atoms with Crippen LogP contribution in [0.15, 0.2) is 45.5 Å². The summed E-state index contributed by atoms with van der Waals surface area (Å²) in [6.07, 6.45) is 2.65. The van der Waals surface area contributed by atoms with Crippen LogP contribution in [0.5, 0.6) is 0 Å². The molecule has 0 atom stereocenters. The fraction of sp³-hybridized carbons (Fsp3) is 0.267. The predicted molar refractivity (Wildman–Crippen MR) is 74.7 cm³/mol. The summed E-state index contributed by atoms with van der Waals surface area (Å²) >= 11 is 0. The van der Waals surface area contributed by atoms with E-state index >= 15 is 0 Å². The van der Waals surface area contributed by atoms with Crippen molar-refractivity contribution < 1.29 is 4.79 Å². The standard InChI is InChI=1S/C15H16N2O/c1-4-9-17-13-10(2)15(18)12-8-6-5-7-11(12)14(13)16-3/h5-9H,4H2,1-3H3. The molecule has 0 bridgehead atoms. The normalized spacial score (nSPS) is 17.7. The summed E-state index contributed by atoms with van der Waals surface area (Å²) in [5.74, 6) is 0.0428. The van der Waals surface area contributed by atoms with Gasteiger partial charge in [-0.15, -0.1) is 0 Å². The van der Waals surface area contributed by atoms with E-state index < -0.39 is 0 Å². The maximum atomic E-state index is 12.3. The molecule has 0 unspecified atom stereocenters. The minimum atomic E-state index is 0.0428. The topological polar surface area (TPSA) is 41.8 Å². The maximum Gasteiger partial charge on any atom is 0.191 e. The number of fused-ring (bicyclic) bond motifs is 1. The van der Waals surface area contributed by atoms with Crippen molar-refractivity contribution in [2.24, 2.45) is 9.98 Å². The minimum absolute atomic E-state index is 0.0428. The zero-order valence-electron chi connectivity index (χ0n) is 10.9. The second-order valence-electron chi connectivity index (χ2n) is 4.14. The summed E-state index contributed by atoms with van der Waals surface area (Å²) in [6.45, 7) is 3.83. The Morgan fingerprint density at radius 1 is 1.22 bits per heavy atom. The smallest absolute Gasteiger partial charge is 0.191 e. The second-order valence-corrected chi connectivity index (χ2v) is 4.14. The van der Waals surface area contributed by atoms with E-state index in [1.807, 2.05) is 44.3 Å². The molecule has 1 aromatic carbocycles. The Morgan fingerprint density at radius 2 is 1.89 bits per heavy atom. The first-order valence-corrected chi connectivity index (χ1v) is 6.05. The van der Waals surface area contributed by atoms with Crippen LogP contribution in [0.2, 0.25) is 0 Å². The van der Waals surface area contributed by atoms with Gasteiger partial charge >= 0.3 is 0 Å². The van der Waals surface area contributed by atoms with E-state index in [9.17, 15) is 4.79 Å². The fourth-order valence-corrected chi connectivity index (χ4v) is 2.07. The average Bonchev–Trinajstić information content (AvgIpc) is 2.41. The van der Waals surface area contributed by atoms with Crippen molar-refractivity contribution in [1.29, 1.82) is 0 Å². The zero-order chi connectivity index (χ0) is 13.1. The van der Waals surface area contributed by atoms with Crippen LogP contribution in [0, 0.1) is 0 Å². The van der Waals surface area contributed by atoms with Crippen LogP contribution in [-0.2, 0) is 0 Å². The quantitative estimate of drug-likeness (QED) is 0.732. The molecule has 0 N–H and O–H groups in total. The van der Waals surface area contributed by atoms with Gasteiger partial charge in [0, 0.05) is 30.0 Å². The van der Waals surface area contributed by atoms with Crippen molar-refractivity contribution in [3.05, 3.63) is 46.7 Å². The molecule has 3 heteroatoms. The second kappa shape index (κ2) is 5.08. The van der Waals surface area contributed by atoms with Gasteiger partial charge in [-0.05, 0) is 13.3 Å². The molecule has 0 spiro atoms. The van der Waals surface area contributed by atoms with E-state index in [-0.39, 0.29) is 5.78 Å². The van der Waals surface area contributed by atoms with E-state index in [4.69, 9.17) is 0 Å². The molecule has 0 aliphatic heterocycles. The lowest BCUT2D eigenvalue weighted by molar-refractivity contribution is 0.103. The van der Waals surface area contributed by atoms with Gasteiger partial charge in [0.25, 0.3) is 0 Å². The van der Waals surface area contributed by atoms with Crippen LogP contribution in [0.4, 0.5) is 0 Å². The number of rotatable bonds is 2. The Bertz CT molecular complexity index is 580. The van der Waals surface area contributed by atoms with Gasteiger partial charge in [-0.2, -0.15) is 0 Å². The highest BCUT2D eigenvalue weighted by atomic mass is 16.1. The number of ketones is 1. The number of aliphatic imine (C=N–C) groups is 2. The van der Waals surface area contributed by atoms with Crippen LogP contribution in [0.1, 0.15) is 36.2 Å². The summed E-state index contributed by atoms with van der Waals surface area (Å²) in [7, 11) is 1.73. The van der Waals surface area contributed by atoms with E-state index in [0.717, 1.165) is 17.7 Å². The number of carbonyl (C=O) groups is 1. The third kappa shape index (κ3) is 1.92. The van der Waals surface area contributed by atoms with Crippen molar-refractivity contribution in [2.45, 2.75) is 20.3 Å². The van der Waals surface area contributed by atoms with Gasteiger partial charge in [-0.25, -0.2) is 0 Å². The molecular weight excluding hydrogens is 224 g/mol. The van der Waals surface area contributed by atoms with Gasteiger partial charge in [0.15, 0.2) is 5.78 Å². The highest BCUT2D eigenvalue weighted by Gasteiger charge is 2.27. The first-order valence-electron chi connectivity index (χ1n) is 6.05. The number of hydrogen-bond donors (Lipinski definition) is 0. The number of benzene rings is 1. The van der Waals surface area contributed by atoms with Gasteiger partial charge in [0.2, 0.25) is 0 Å². The number of Topliss-reactive ketones (excluding diaryl/α,β-unsaturated/α-hetero) is 1. The highest BCUT2D eigenvalue weighted by Crippen LogP contribution is 2.27. The summed E-state index contributed by atoms with van der Waals surface area (Å²) in [5, 5.41) is 0. The predicted octanol–water partition coefficient (Wildman–Crippen LogP) is 3.06. The molecule has 0 heterocycles. The Balaban J connectivity index is 2.65. The number of carbonyl (C=O) groups excluding carboxylic acids is 1. The van der Waals surface area contributed by atoms with Gasteiger partial charge in [-0.1, -0.05) is 31.2 Å². The molecule has 1 aromatic rings. The molecule has 18 heavy (non-hydrogen) atoms. The first-order chi connectivity index (χ1) is 8.70. The molecule has 0 fully saturated rings. The molecule has 2 rings (SSSR count). The SMILES string of the molecule is CCC=NC1=C(C)C(=O)c2ccccc2C1=NC. The molecule has 1 aliphatic carbocycles. The molecule has 3 nitrogen and oxygen atoms in total. The molecule has 0 saturated carbocycles. The Morgan fingerprint density at radius 3 is 2.50 bits per heavy atom. The van der Waals surface area contributed by atoms with Gasteiger partial charge in [0.1, 0.15) is 0 Å². The van der Waals surface area contributed by atoms with Gasteiger partial charge < -0.3 is 0 Å². The van der Waals surface area contributed by atoms with Crippen molar-refractivity contribution in [2.75, 3.05) is 7.05 Å². The Labute approximate surface area is 107 Å². The monoisotopic (exact) mass is 240 g/mol. The van der Waals surface area contributed by atoms with E-state index in [0.29, 0.717) is 16.8 Å². The third-order valence-electron chi connectivity index (χ3n) is 2.97. The van der Waals surface area contributed by atoms with Gasteiger partial charge in [-0.3, -0.25) is 14.8 Å². The Hall–Kier alpha value is -2.03.